The molecule has 6 nitrogen and oxygen atoms in total. The number of thiophene rings is 1. The molecule has 3 heterocycles. The third-order valence-corrected chi connectivity index (χ3v) is 8.64. The molecule has 0 atom stereocenters. The average molecular weight is 537 g/mol. The number of nitrogens with zero attached hydrogens (tertiary/aromatic N) is 3. The number of carbonyl (C=O) groups is 2. The van der Waals surface area contributed by atoms with Crippen molar-refractivity contribution in [2.75, 3.05) is 11.9 Å². The van der Waals surface area contributed by atoms with Crippen LogP contribution in [0.3, 0.4) is 0 Å². The van der Waals surface area contributed by atoms with Gasteiger partial charge in [0.25, 0.3) is 5.91 Å². The summed E-state index contributed by atoms with van der Waals surface area (Å²) in [5.74, 6) is 0.0503. The van der Waals surface area contributed by atoms with Gasteiger partial charge in [0.15, 0.2) is 4.34 Å². The van der Waals surface area contributed by atoms with Gasteiger partial charge in [-0.25, -0.2) is 4.39 Å². The second kappa shape index (κ2) is 11.3. The van der Waals surface area contributed by atoms with Crippen LogP contribution in [-0.2, 0) is 15.3 Å². The lowest BCUT2D eigenvalue weighted by Gasteiger charge is -2.13. The Bertz CT molecular complexity index is 1180. The fourth-order valence-electron chi connectivity index (χ4n) is 2.82. The topological polar surface area (TPSA) is 75.2 Å². The Balaban J connectivity index is 1.21. The summed E-state index contributed by atoms with van der Waals surface area (Å²) < 4.78 is 14.2. The fraction of sp³-hybridized carbons (Fsp3) is 0.190. The summed E-state index contributed by atoms with van der Waals surface area (Å²) in [5, 5.41) is 13.2. The molecule has 2 amide bonds. The molecule has 0 aliphatic carbocycles. The summed E-state index contributed by atoms with van der Waals surface area (Å²) in [6.07, 6.45) is 2.56. The van der Waals surface area contributed by atoms with Gasteiger partial charge >= 0.3 is 0 Å². The Morgan fingerprint density at radius 1 is 1.24 bits per heavy atom. The maximum absolute atomic E-state index is 13.0. The first-order valence-corrected chi connectivity index (χ1v) is 13.7. The van der Waals surface area contributed by atoms with E-state index in [4.69, 9.17) is 12.2 Å². The molecule has 12 heteroatoms. The molecule has 0 unspecified atom stereocenters. The number of aromatic nitrogens is 2. The molecule has 0 bridgehead atoms. The molecule has 1 saturated heterocycles. The minimum atomic E-state index is -0.269. The molecule has 1 aliphatic rings. The zero-order valence-electron chi connectivity index (χ0n) is 17.0. The standard InChI is InChI=1S/C21H17FN4O2S5/c22-14-7-5-13(6-8-14)12-31-20-25-24-19(33-20)23-17(27)4-1-9-26-18(28)16(32-21(26)29)11-15-3-2-10-30-15/h2-3,5-8,10-11H,1,4,9,12H2,(H,23,24,27)/b16-11-. The van der Waals surface area contributed by atoms with E-state index < -0.39 is 0 Å². The Morgan fingerprint density at radius 3 is 2.82 bits per heavy atom. The van der Waals surface area contributed by atoms with E-state index in [-0.39, 0.29) is 24.1 Å². The monoisotopic (exact) mass is 536 g/mol. The summed E-state index contributed by atoms with van der Waals surface area (Å²) in [6, 6.07) is 10.2. The number of hydrogen-bond acceptors (Lipinski definition) is 9. The Kier molecular flexibility index (Phi) is 8.25. The van der Waals surface area contributed by atoms with Crippen molar-refractivity contribution in [3.8, 4) is 0 Å². The highest BCUT2D eigenvalue weighted by Crippen LogP contribution is 2.33. The van der Waals surface area contributed by atoms with Gasteiger partial charge in [0, 0.05) is 23.6 Å². The number of halogens is 1. The van der Waals surface area contributed by atoms with E-state index in [1.807, 2.05) is 23.6 Å². The van der Waals surface area contributed by atoms with Crippen LogP contribution in [0.15, 0.2) is 51.0 Å². The maximum atomic E-state index is 13.0. The maximum Gasteiger partial charge on any atom is 0.266 e. The third-order valence-electron chi connectivity index (χ3n) is 4.40. The van der Waals surface area contributed by atoms with Gasteiger partial charge in [-0.2, -0.15) is 0 Å². The summed E-state index contributed by atoms with van der Waals surface area (Å²) in [7, 11) is 0. The SMILES string of the molecule is O=C(CCCN1C(=O)/C(=C/c2cccs2)SC1=S)Nc1nnc(SCc2ccc(F)cc2)s1. The van der Waals surface area contributed by atoms with Gasteiger partial charge in [0.05, 0.1) is 4.91 Å². The lowest BCUT2D eigenvalue weighted by atomic mass is 10.2. The number of hydrogen-bond donors (Lipinski definition) is 1. The highest BCUT2D eigenvalue weighted by molar-refractivity contribution is 8.26. The van der Waals surface area contributed by atoms with Crippen molar-refractivity contribution < 1.29 is 14.0 Å². The van der Waals surface area contributed by atoms with E-state index in [1.165, 1.54) is 47.0 Å². The normalized spacial score (nSPS) is 14.9. The number of thioether (sulfide) groups is 2. The van der Waals surface area contributed by atoms with E-state index in [0.717, 1.165) is 10.4 Å². The second-order valence-corrected chi connectivity index (χ2v) is 11.6. The molecular formula is C21H17FN4O2S5. The van der Waals surface area contributed by atoms with Crippen molar-refractivity contribution in [3.63, 3.8) is 0 Å². The van der Waals surface area contributed by atoms with Crippen LogP contribution in [0.5, 0.6) is 0 Å². The quantitative estimate of drug-likeness (QED) is 0.164. The molecule has 1 aliphatic heterocycles. The van der Waals surface area contributed by atoms with Crippen LogP contribution in [-0.4, -0.2) is 37.8 Å². The highest BCUT2D eigenvalue weighted by atomic mass is 32.2. The molecule has 1 fully saturated rings. The number of anilines is 1. The minimum Gasteiger partial charge on any atom is -0.301 e. The Labute approximate surface area is 211 Å². The third kappa shape index (κ3) is 6.70. The highest BCUT2D eigenvalue weighted by Gasteiger charge is 2.31. The predicted octanol–water partition coefficient (Wildman–Crippen LogP) is 5.65. The van der Waals surface area contributed by atoms with Crippen LogP contribution in [0.25, 0.3) is 6.08 Å². The van der Waals surface area contributed by atoms with Crippen LogP contribution in [0.2, 0.25) is 0 Å². The molecule has 3 aromatic rings. The predicted molar refractivity (Wildman–Crippen MR) is 138 cm³/mol. The number of amides is 2. The van der Waals surface area contributed by atoms with Gasteiger partial charge in [-0.1, -0.05) is 65.3 Å². The minimum absolute atomic E-state index is 0.120. The first kappa shape index (κ1) is 24.0. The molecule has 170 valence electrons. The first-order chi connectivity index (χ1) is 16.0. The smallest absolute Gasteiger partial charge is 0.266 e. The molecule has 4 rings (SSSR count). The Morgan fingerprint density at radius 2 is 2.06 bits per heavy atom. The van der Waals surface area contributed by atoms with Gasteiger partial charge in [0.2, 0.25) is 11.0 Å². The molecule has 33 heavy (non-hydrogen) atoms. The van der Waals surface area contributed by atoms with E-state index in [2.05, 4.69) is 15.5 Å². The van der Waals surface area contributed by atoms with Crippen molar-refractivity contribution in [2.24, 2.45) is 0 Å². The van der Waals surface area contributed by atoms with Gasteiger partial charge in [-0.05, 0) is 41.6 Å². The van der Waals surface area contributed by atoms with E-state index in [1.54, 1.807) is 28.4 Å². The van der Waals surface area contributed by atoms with Crippen LogP contribution < -0.4 is 5.32 Å². The molecule has 1 aromatic carbocycles. The zero-order chi connectivity index (χ0) is 23.2. The number of rotatable bonds is 9. The largest absolute Gasteiger partial charge is 0.301 e. The molecule has 0 saturated carbocycles. The molecule has 2 aromatic heterocycles. The van der Waals surface area contributed by atoms with Crippen molar-refractivity contribution >= 4 is 85.8 Å². The van der Waals surface area contributed by atoms with Crippen molar-refractivity contribution in [2.45, 2.75) is 22.9 Å². The van der Waals surface area contributed by atoms with Gasteiger partial charge in [0.1, 0.15) is 10.1 Å². The average Bonchev–Trinajstić information content (AvgIpc) is 3.52. The summed E-state index contributed by atoms with van der Waals surface area (Å²) in [5.41, 5.74) is 0.975. The molecule has 1 N–H and O–H groups in total. The molecule has 0 radical (unpaired) electrons. The van der Waals surface area contributed by atoms with Gasteiger partial charge < -0.3 is 5.32 Å². The van der Waals surface area contributed by atoms with Crippen LogP contribution in [0.4, 0.5) is 9.52 Å². The van der Waals surface area contributed by atoms with Crippen LogP contribution in [0, 0.1) is 5.82 Å². The summed E-state index contributed by atoms with van der Waals surface area (Å²) >= 11 is 10.9. The summed E-state index contributed by atoms with van der Waals surface area (Å²) in [4.78, 5) is 28.0. The van der Waals surface area contributed by atoms with Gasteiger partial charge in [-0.3, -0.25) is 14.5 Å². The number of carbonyl (C=O) groups excluding carboxylic acids is 2. The molecular weight excluding hydrogens is 520 g/mol. The fourth-order valence-corrected chi connectivity index (χ4v) is 6.57. The number of thiocarbonyl (C=S) groups is 1. The van der Waals surface area contributed by atoms with E-state index in [0.29, 0.717) is 37.4 Å². The van der Waals surface area contributed by atoms with Gasteiger partial charge in [-0.15, -0.1) is 21.5 Å². The van der Waals surface area contributed by atoms with Crippen LogP contribution in [0.1, 0.15) is 23.3 Å². The van der Waals surface area contributed by atoms with Crippen molar-refractivity contribution in [1.29, 1.82) is 0 Å². The van der Waals surface area contributed by atoms with E-state index in [9.17, 15) is 14.0 Å². The number of benzene rings is 1. The zero-order valence-corrected chi connectivity index (χ0v) is 21.1. The lowest BCUT2D eigenvalue weighted by molar-refractivity contribution is -0.122. The van der Waals surface area contributed by atoms with Crippen molar-refractivity contribution in [3.05, 3.63) is 62.9 Å². The van der Waals surface area contributed by atoms with E-state index >= 15 is 0 Å². The first-order valence-electron chi connectivity index (χ1n) is 9.77. The van der Waals surface area contributed by atoms with Crippen LogP contribution >= 0.6 is 58.4 Å². The van der Waals surface area contributed by atoms with Crippen molar-refractivity contribution in [1.82, 2.24) is 15.1 Å². The Hall–Kier alpha value is -2.12. The second-order valence-electron chi connectivity index (χ2n) is 6.79. The lowest BCUT2D eigenvalue weighted by Crippen LogP contribution is -2.29. The summed E-state index contributed by atoms with van der Waals surface area (Å²) in [6.45, 7) is 0.384. The number of nitrogens with one attached hydrogen (secondary N) is 1. The molecule has 0 spiro atoms.